The number of aromatic nitrogens is 20. The van der Waals surface area contributed by atoms with E-state index in [1.165, 1.54) is 30.9 Å². The number of alkyl halides is 11. The minimum Gasteiger partial charge on any atom is -0.394 e. The van der Waals surface area contributed by atoms with Gasteiger partial charge in [-0.1, -0.05) is 0 Å². The molecule has 10 aromatic heterocycles. The summed E-state index contributed by atoms with van der Waals surface area (Å²) in [7, 11) is 0. The molecule has 11 fully saturated rings. The van der Waals surface area contributed by atoms with Gasteiger partial charge in [-0.15, -0.1) is 0 Å². The number of aliphatic hydroxyl groups is 1. The van der Waals surface area contributed by atoms with Crippen LogP contribution < -0.4 is 78.1 Å². The van der Waals surface area contributed by atoms with Crippen molar-refractivity contribution in [2.75, 3.05) is 289 Å². The Bertz CT molecular complexity index is 5870. The van der Waals surface area contributed by atoms with Crippen molar-refractivity contribution in [3.05, 3.63) is 89.1 Å². The number of nitrogens with one attached hydrogen (secondary N) is 1. The fourth-order valence-corrected chi connectivity index (χ4v) is 17.7. The predicted octanol–water partition coefficient (Wildman–Crippen LogP) is 7.12. The molecule has 12 N–H and O–H groups in total. The van der Waals surface area contributed by atoms with Gasteiger partial charge in [0.15, 0.2) is 29.1 Å². The Labute approximate surface area is 823 Å². The lowest BCUT2D eigenvalue weighted by atomic mass is 10.1. The van der Waals surface area contributed by atoms with Gasteiger partial charge in [-0.3, -0.25) is 0 Å². The summed E-state index contributed by atoms with van der Waals surface area (Å²) < 4.78 is 199. The number of nitrogens with two attached hydrogens (primary N) is 5. The zero-order valence-corrected chi connectivity index (χ0v) is 79.1. The number of hydrogen-bond acceptors (Lipinski definition) is 45. The number of rotatable bonds is 21. The third kappa shape index (κ3) is 25.2. The summed E-state index contributed by atoms with van der Waals surface area (Å²) in [4.78, 5) is 105. The molecular formula is C89H110F11N35O10. The van der Waals surface area contributed by atoms with Gasteiger partial charge < -0.3 is 126 Å². The molecule has 21 rings (SSSR count). The van der Waals surface area contributed by atoms with Crippen molar-refractivity contribution in [2.24, 2.45) is 0 Å². The summed E-state index contributed by atoms with van der Waals surface area (Å²) >= 11 is 0. The number of fused-ring (bicyclic) bond motifs is 4. The van der Waals surface area contributed by atoms with Crippen LogP contribution in [0.25, 0.3) is 56.9 Å². The van der Waals surface area contributed by atoms with Crippen LogP contribution in [-0.2, 0) is 48.8 Å². The molecule has 21 heterocycles. The summed E-state index contributed by atoms with van der Waals surface area (Å²) in [5.74, 6) is 4.23. The fraction of sp³-hybridized carbons (Fsp3) is 0.551. The van der Waals surface area contributed by atoms with Crippen molar-refractivity contribution in [1.82, 2.24) is 99.7 Å². The first-order valence-corrected chi connectivity index (χ1v) is 47.3. The molecule has 4 unspecified atom stereocenters. The largest absolute Gasteiger partial charge is 0.417 e. The molecule has 778 valence electrons. The van der Waals surface area contributed by atoms with Gasteiger partial charge in [-0.25, -0.2) is 60.0 Å². The summed E-state index contributed by atoms with van der Waals surface area (Å²) in [6, 6.07) is 5.86. The molecule has 11 saturated heterocycles. The topological polar surface area (TPSA) is 532 Å². The van der Waals surface area contributed by atoms with Crippen LogP contribution in [0.1, 0.15) is 93.0 Å². The van der Waals surface area contributed by atoms with Gasteiger partial charge in [0.2, 0.25) is 59.5 Å². The number of ether oxygens (including phenoxy) is 9. The van der Waals surface area contributed by atoms with Gasteiger partial charge in [0, 0.05) is 167 Å². The number of morpholine rings is 9. The number of anilines is 15. The zero-order chi connectivity index (χ0) is 102. The molecule has 0 aliphatic carbocycles. The maximum atomic E-state index is 13.9. The van der Waals surface area contributed by atoms with Gasteiger partial charge in [0.05, 0.1) is 167 Å². The Morgan fingerprint density at radius 1 is 0.324 bits per heavy atom. The van der Waals surface area contributed by atoms with E-state index in [-0.39, 0.29) is 157 Å². The number of nitrogens with zero attached hydrogens (tertiary/aromatic N) is 29. The second kappa shape index (κ2) is 47.2. The molecule has 6 atom stereocenters. The van der Waals surface area contributed by atoms with Crippen molar-refractivity contribution >= 4 is 88.6 Å². The van der Waals surface area contributed by atoms with E-state index in [4.69, 9.17) is 76.3 Å². The van der Waals surface area contributed by atoms with E-state index in [1.807, 2.05) is 41.2 Å². The Hall–Kier alpha value is -13.4. The number of hydrogen-bond donors (Lipinski definition) is 7. The standard InChI is InChI=1S/C21H25F2N7O2.C18H23F2N7O2.C17H20F3N7O2.C17H21F2N7O2.C16H21F2N7O2/c22-18(23)15-5-17(24)25-6-16(15)19-26-20(29-11-1-2-12(29)8-31-7-11)28-21(27-19)30-13-3-4-14(30)10-32-9-13;1-11-10-29-7-4-27(11)18-24-16(13-9-22-14(21)8-12(13)15(19)20)23-17(25-18)26-2-5-28-6-3-26;18-17(19,20)12-9-13(21)22-10-11(12)14-23-15(26-1-5-28-6-2-26)25-16(24-14)27-3-7-29-8-4-27;18-14(19)11-9-13(20)21-10-12(11)15-22-16(25-1-5-27-6-2-25)24-17(23-15)26-3-7-28-8-4-26;1-9(8-26)21-15-22-14(11-7-20-12(19)6-10(11)13(17)18)23-16(24-15)25-2-4-27-5-3-25/h5-6,11-14,18H,1-4,7-10H2,(H2,24,25);8-9,11,15H,2-7,10H2,1H3,(H2,21,22);9-10H,1-8H2,(H2,21,22);9-10,14H,1-8H2,(H2,20,21);6-7,9,13,26H,2-5,8H2,1H3,(H2,19,20)(H,21,22,23,24)/t;11-;;;9-/m.0..1/s1. The molecule has 11 aliphatic rings. The summed E-state index contributed by atoms with van der Waals surface area (Å²) in [6.45, 7) is 21.1. The predicted molar refractivity (Wildman–Crippen MR) is 508 cm³/mol. The number of aliphatic hydroxyl groups excluding tert-OH is 1. The van der Waals surface area contributed by atoms with E-state index < -0.39 is 37.4 Å². The average molecular weight is 2040 g/mol. The first-order chi connectivity index (χ1) is 70.1. The lowest BCUT2D eigenvalue weighted by Gasteiger charge is -2.37. The van der Waals surface area contributed by atoms with Crippen LogP contribution in [0.2, 0.25) is 0 Å². The highest BCUT2D eigenvalue weighted by Crippen LogP contribution is 2.43. The third-order valence-corrected chi connectivity index (χ3v) is 25.3. The molecule has 4 bridgehead atoms. The lowest BCUT2D eigenvalue weighted by molar-refractivity contribution is -0.137. The molecule has 0 aromatic carbocycles. The van der Waals surface area contributed by atoms with Gasteiger partial charge in [-0.05, 0) is 69.9 Å². The second-order valence-corrected chi connectivity index (χ2v) is 35.1. The minimum absolute atomic E-state index is 0.0104. The normalized spacial score (nSPS) is 20.6. The molecule has 56 heteroatoms. The summed E-state index contributed by atoms with van der Waals surface area (Å²) in [6.07, 6.45) is -5.39. The molecule has 0 saturated carbocycles. The van der Waals surface area contributed by atoms with Crippen LogP contribution in [0.3, 0.4) is 0 Å². The van der Waals surface area contributed by atoms with Crippen molar-refractivity contribution in [1.29, 1.82) is 0 Å². The molecule has 45 nitrogen and oxygen atoms in total. The molecule has 0 spiro atoms. The lowest BCUT2D eigenvalue weighted by Crippen LogP contribution is -2.48. The maximum absolute atomic E-state index is 13.9. The van der Waals surface area contributed by atoms with Crippen LogP contribution in [0.15, 0.2) is 61.3 Å². The van der Waals surface area contributed by atoms with Crippen LogP contribution in [0, 0.1) is 0 Å². The molecule has 10 aromatic rings. The highest BCUT2D eigenvalue weighted by molar-refractivity contribution is 5.70. The Morgan fingerprint density at radius 3 is 0.876 bits per heavy atom. The van der Waals surface area contributed by atoms with Crippen molar-refractivity contribution in [3.8, 4) is 56.9 Å². The van der Waals surface area contributed by atoms with E-state index in [0.29, 0.717) is 258 Å². The molecule has 11 aliphatic heterocycles. The Kier molecular flexibility index (Phi) is 33.6. The molecule has 0 radical (unpaired) electrons. The highest BCUT2D eigenvalue weighted by Gasteiger charge is 2.44. The first kappa shape index (κ1) is 103. The Morgan fingerprint density at radius 2 is 0.579 bits per heavy atom. The number of pyridine rings is 5. The van der Waals surface area contributed by atoms with Gasteiger partial charge in [-0.2, -0.15) is 87.9 Å². The summed E-state index contributed by atoms with van der Waals surface area (Å²) in [5.41, 5.74) is 26.3. The van der Waals surface area contributed by atoms with Crippen molar-refractivity contribution < 1.29 is 96.0 Å². The maximum Gasteiger partial charge on any atom is 0.417 e. The van der Waals surface area contributed by atoms with Crippen LogP contribution in [0.5, 0.6) is 0 Å². The van der Waals surface area contributed by atoms with E-state index in [1.54, 1.807) is 6.92 Å². The third-order valence-electron chi connectivity index (χ3n) is 25.3. The van der Waals surface area contributed by atoms with Crippen LogP contribution >= 0.6 is 0 Å². The van der Waals surface area contributed by atoms with E-state index in [2.05, 4.69) is 110 Å². The summed E-state index contributed by atoms with van der Waals surface area (Å²) in [5, 5.41) is 12.2. The quantitative estimate of drug-likeness (QED) is 0.0352. The first-order valence-electron chi connectivity index (χ1n) is 47.3. The van der Waals surface area contributed by atoms with Crippen LogP contribution in [-0.4, -0.2) is 352 Å². The van der Waals surface area contributed by atoms with E-state index in [9.17, 15) is 53.4 Å². The smallest absolute Gasteiger partial charge is 0.394 e. The highest BCUT2D eigenvalue weighted by atomic mass is 19.4. The van der Waals surface area contributed by atoms with Gasteiger partial charge in [0.1, 0.15) is 29.1 Å². The average Bonchev–Trinajstić information content (AvgIpc) is 1.63. The monoisotopic (exact) mass is 2040 g/mol. The minimum atomic E-state index is -4.63. The van der Waals surface area contributed by atoms with Crippen LogP contribution in [0.4, 0.5) is 137 Å². The Balaban J connectivity index is 0.000000124. The second-order valence-electron chi connectivity index (χ2n) is 35.1. The van der Waals surface area contributed by atoms with Gasteiger partial charge in [0.25, 0.3) is 25.7 Å². The number of halogens is 11. The van der Waals surface area contributed by atoms with E-state index >= 15 is 0 Å². The van der Waals surface area contributed by atoms with Crippen molar-refractivity contribution in [3.63, 3.8) is 0 Å². The van der Waals surface area contributed by atoms with Crippen molar-refractivity contribution in [2.45, 2.75) is 108 Å². The molecule has 145 heavy (non-hydrogen) atoms. The SMILES string of the molecule is C[C@H](CO)Nc1nc(-c2cnc(N)cc2C(F)F)nc(N2CCOCC2)n1.C[C@H]1COCCN1c1nc(-c2cnc(N)cc2C(F)F)nc(N2CCOCC2)n1.Nc1cc(C(F)(F)F)c(-c2nc(N3CCOCC3)nc(N3CCOCC3)n2)cn1.Nc1cc(C(F)F)c(-c2nc(N3C4CCC3COC4)nc(N3C4CCC3COC4)n2)cn1.Nc1cc(C(F)F)c(-c2nc(N3CCOCC3)nc(N3CCOCC3)n2)cn1. The fourth-order valence-electron chi connectivity index (χ4n) is 17.7. The molecule has 0 amide bonds. The van der Waals surface area contributed by atoms with E-state index in [0.717, 1.165) is 56.1 Å². The molecular weight excluding hydrogens is 1930 g/mol. The van der Waals surface area contributed by atoms with Gasteiger partial charge >= 0.3 is 6.18 Å². The number of nitrogen functional groups attached to an aromatic ring is 5. The zero-order valence-electron chi connectivity index (χ0n) is 79.1.